The lowest BCUT2D eigenvalue weighted by molar-refractivity contribution is 0.224. The molecule has 0 aromatic carbocycles. The van der Waals surface area contributed by atoms with Crippen LogP contribution >= 0.6 is 0 Å². The maximum atomic E-state index is 5.36. The lowest BCUT2D eigenvalue weighted by atomic mass is 10.4. The molecule has 0 spiro atoms. The second-order valence-corrected chi connectivity index (χ2v) is 1.64. The summed E-state index contributed by atoms with van der Waals surface area (Å²) in [6, 6.07) is 0. The number of hydrogen-bond acceptors (Lipinski definition) is 3. The standard InChI is InChI=1S/C5H12N2O/c1-4(6)5(7)3-8-2/h3,6-7H2,1-2H3/b5-4+. The third-order valence-electron chi connectivity index (χ3n) is 0.806. The maximum Gasteiger partial charge on any atom is 0.0873 e. The van der Waals surface area contributed by atoms with E-state index in [2.05, 4.69) is 0 Å². The van der Waals surface area contributed by atoms with Crippen LogP contribution in [0.1, 0.15) is 6.92 Å². The summed E-state index contributed by atoms with van der Waals surface area (Å²) in [6.45, 7) is 2.16. The van der Waals surface area contributed by atoms with Crippen LogP contribution in [0.15, 0.2) is 11.4 Å². The summed E-state index contributed by atoms with van der Waals surface area (Å²) in [5, 5.41) is 0. The van der Waals surface area contributed by atoms with Gasteiger partial charge in [0.15, 0.2) is 0 Å². The normalized spacial score (nSPS) is 13.2. The molecule has 0 atom stereocenters. The van der Waals surface area contributed by atoms with Crippen LogP contribution in [0.3, 0.4) is 0 Å². The summed E-state index contributed by atoms with van der Waals surface area (Å²) >= 11 is 0. The lowest BCUT2D eigenvalue weighted by Gasteiger charge is -1.99. The van der Waals surface area contributed by atoms with E-state index < -0.39 is 0 Å². The van der Waals surface area contributed by atoms with Crippen molar-refractivity contribution in [2.45, 2.75) is 6.92 Å². The molecule has 0 heterocycles. The molecule has 0 fully saturated rings. The Labute approximate surface area is 49.3 Å². The van der Waals surface area contributed by atoms with E-state index in [4.69, 9.17) is 16.2 Å². The van der Waals surface area contributed by atoms with E-state index in [9.17, 15) is 0 Å². The predicted molar refractivity (Wildman–Crippen MR) is 33.0 cm³/mol. The van der Waals surface area contributed by atoms with Crippen molar-refractivity contribution in [2.24, 2.45) is 11.5 Å². The van der Waals surface area contributed by atoms with Crippen molar-refractivity contribution in [1.29, 1.82) is 0 Å². The smallest absolute Gasteiger partial charge is 0.0873 e. The second-order valence-electron chi connectivity index (χ2n) is 1.64. The van der Waals surface area contributed by atoms with Crippen LogP contribution < -0.4 is 11.5 Å². The Bertz CT molecular complexity index is 94.6. The number of hydrogen-bond donors (Lipinski definition) is 2. The molecule has 48 valence electrons. The fourth-order valence-electron chi connectivity index (χ4n) is 0.269. The first-order chi connectivity index (χ1) is 3.68. The van der Waals surface area contributed by atoms with Gasteiger partial charge in [-0.3, -0.25) is 0 Å². The third kappa shape index (κ3) is 2.47. The first-order valence-electron chi connectivity index (χ1n) is 2.38. The highest BCUT2D eigenvalue weighted by Crippen LogP contribution is 1.87. The van der Waals surface area contributed by atoms with E-state index in [1.54, 1.807) is 14.0 Å². The Morgan fingerprint density at radius 1 is 1.50 bits per heavy atom. The minimum absolute atomic E-state index is 0.419. The molecule has 0 radical (unpaired) electrons. The Kier molecular flexibility index (Phi) is 3.03. The van der Waals surface area contributed by atoms with E-state index in [1.165, 1.54) is 0 Å². The molecule has 0 aliphatic rings. The Balaban J connectivity index is 3.62. The number of rotatable bonds is 2. The quantitative estimate of drug-likeness (QED) is 0.524. The van der Waals surface area contributed by atoms with Crippen LogP contribution in [0.4, 0.5) is 0 Å². The van der Waals surface area contributed by atoms with Crippen molar-refractivity contribution in [3.05, 3.63) is 11.4 Å². The molecule has 0 amide bonds. The average Bonchev–Trinajstić information content (AvgIpc) is 1.67. The number of allylic oxidation sites excluding steroid dienone is 1. The molecular formula is C5H12N2O. The molecule has 3 heteroatoms. The van der Waals surface area contributed by atoms with Crippen molar-refractivity contribution in [3.63, 3.8) is 0 Å². The molecule has 0 unspecified atom stereocenters. The molecule has 0 saturated heterocycles. The van der Waals surface area contributed by atoms with E-state index in [0.29, 0.717) is 18.0 Å². The Morgan fingerprint density at radius 2 is 2.00 bits per heavy atom. The van der Waals surface area contributed by atoms with Gasteiger partial charge in [-0.25, -0.2) is 0 Å². The van der Waals surface area contributed by atoms with Crippen LogP contribution in [-0.2, 0) is 4.74 Å². The number of nitrogens with two attached hydrogens (primary N) is 2. The number of ether oxygens (including phenoxy) is 1. The van der Waals surface area contributed by atoms with Gasteiger partial charge in [-0.05, 0) is 6.92 Å². The monoisotopic (exact) mass is 116 g/mol. The van der Waals surface area contributed by atoms with Gasteiger partial charge in [0.2, 0.25) is 0 Å². The summed E-state index contributed by atoms with van der Waals surface area (Å²) < 4.78 is 4.70. The number of methoxy groups -OCH3 is 1. The highest BCUT2D eigenvalue weighted by atomic mass is 16.5. The zero-order chi connectivity index (χ0) is 6.57. The van der Waals surface area contributed by atoms with Gasteiger partial charge in [0, 0.05) is 12.8 Å². The van der Waals surface area contributed by atoms with Crippen molar-refractivity contribution in [1.82, 2.24) is 0 Å². The van der Waals surface area contributed by atoms with Gasteiger partial charge in [-0.1, -0.05) is 0 Å². The molecule has 0 aromatic rings. The van der Waals surface area contributed by atoms with Crippen molar-refractivity contribution in [2.75, 3.05) is 13.7 Å². The molecule has 0 bridgehead atoms. The zero-order valence-corrected chi connectivity index (χ0v) is 5.27. The summed E-state index contributed by atoms with van der Waals surface area (Å²) in [5.41, 5.74) is 11.9. The van der Waals surface area contributed by atoms with Crippen LogP contribution in [0.2, 0.25) is 0 Å². The van der Waals surface area contributed by atoms with Gasteiger partial charge in [-0.2, -0.15) is 0 Å². The highest BCUT2D eigenvalue weighted by Gasteiger charge is 1.88. The minimum atomic E-state index is 0.419. The molecule has 0 saturated carbocycles. The van der Waals surface area contributed by atoms with Crippen molar-refractivity contribution < 1.29 is 4.74 Å². The molecule has 0 aromatic heterocycles. The first kappa shape index (κ1) is 7.30. The Morgan fingerprint density at radius 3 is 2.12 bits per heavy atom. The van der Waals surface area contributed by atoms with Gasteiger partial charge >= 0.3 is 0 Å². The average molecular weight is 116 g/mol. The van der Waals surface area contributed by atoms with E-state index >= 15 is 0 Å². The van der Waals surface area contributed by atoms with Crippen LogP contribution in [0.5, 0.6) is 0 Å². The van der Waals surface area contributed by atoms with Crippen LogP contribution in [-0.4, -0.2) is 13.7 Å². The fourth-order valence-corrected chi connectivity index (χ4v) is 0.269. The predicted octanol–water partition coefficient (Wildman–Crippen LogP) is -0.218. The zero-order valence-electron chi connectivity index (χ0n) is 5.27. The van der Waals surface area contributed by atoms with Crippen LogP contribution in [0, 0.1) is 0 Å². The lowest BCUT2D eigenvalue weighted by Crippen LogP contribution is -2.11. The summed E-state index contributed by atoms with van der Waals surface area (Å²) in [4.78, 5) is 0. The first-order valence-corrected chi connectivity index (χ1v) is 2.38. The van der Waals surface area contributed by atoms with Gasteiger partial charge in [0.05, 0.1) is 12.3 Å². The van der Waals surface area contributed by atoms with Gasteiger partial charge in [-0.15, -0.1) is 0 Å². The topological polar surface area (TPSA) is 61.3 Å². The largest absolute Gasteiger partial charge is 0.401 e. The molecule has 3 nitrogen and oxygen atoms in total. The third-order valence-corrected chi connectivity index (χ3v) is 0.806. The van der Waals surface area contributed by atoms with Crippen LogP contribution in [0.25, 0.3) is 0 Å². The molecule has 0 rings (SSSR count). The SMILES string of the molecule is COC/C(N)=C(/C)N. The van der Waals surface area contributed by atoms with Gasteiger partial charge < -0.3 is 16.2 Å². The van der Waals surface area contributed by atoms with E-state index in [1.807, 2.05) is 0 Å². The second kappa shape index (κ2) is 3.32. The summed E-state index contributed by atoms with van der Waals surface area (Å²) in [6.07, 6.45) is 0. The fraction of sp³-hybridized carbons (Fsp3) is 0.600. The summed E-state index contributed by atoms with van der Waals surface area (Å²) in [7, 11) is 1.58. The summed E-state index contributed by atoms with van der Waals surface area (Å²) in [5.74, 6) is 0. The van der Waals surface area contributed by atoms with Gasteiger partial charge in [0.1, 0.15) is 0 Å². The molecule has 8 heavy (non-hydrogen) atoms. The molecule has 4 N–H and O–H groups in total. The molecular weight excluding hydrogens is 104 g/mol. The molecule has 0 aliphatic heterocycles. The Hall–Kier alpha value is -0.700. The van der Waals surface area contributed by atoms with Crippen molar-refractivity contribution >= 4 is 0 Å². The van der Waals surface area contributed by atoms with E-state index in [-0.39, 0.29) is 0 Å². The van der Waals surface area contributed by atoms with Crippen molar-refractivity contribution in [3.8, 4) is 0 Å². The molecule has 0 aliphatic carbocycles. The minimum Gasteiger partial charge on any atom is -0.401 e. The highest BCUT2D eigenvalue weighted by molar-refractivity contribution is 5.03. The maximum absolute atomic E-state index is 5.36. The van der Waals surface area contributed by atoms with E-state index in [0.717, 1.165) is 0 Å². The van der Waals surface area contributed by atoms with Gasteiger partial charge in [0.25, 0.3) is 0 Å².